The largest absolute Gasteiger partial charge is 0.330 e. The summed E-state index contributed by atoms with van der Waals surface area (Å²) in [5, 5.41) is 1.52. The molecule has 2 fully saturated rings. The molecule has 0 spiro atoms. The maximum atomic E-state index is 11.7. The maximum Gasteiger partial charge on any atom is 0.248 e. The van der Waals surface area contributed by atoms with E-state index in [4.69, 9.17) is 10.6 Å². The van der Waals surface area contributed by atoms with Gasteiger partial charge >= 0.3 is 0 Å². The first-order valence-electron chi connectivity index (χ1n) is 5.69. The van der Waals surface area contributed by atoms with Crippen LogP contribution >= 0.6 is 0 Å². The standard InChI is InChI=1S/C11H20N2O2/c1-11(2,6-12)7-13-10(14)5-9(15-13)8-3-4-8/h8-9H,3-7,12H2,1-2H3. The van der Waals surface area contributed by atoms with E-state index < -0.39 is 0 Å². The third-order valence-electron chi connectivity index (χ3n) is 3.19. The van der Waals surface area contributed by atoms with E-state index in [9.17, 15) is 4.79 Å². The predicted molar refractivity (Wildman–Crippen MR) is 56.8 cm³/mol. The van der Waals surface area contributed by atoms with Crippen LogP contribution in [0, 0.1) is 11.3 Å². The molecule has 86 valence electrons. The molecule has 0 radical (unpaired) electrons. The van der Waals surface area contributed by atoms with Gasteiger partial charge in [-0.05, 0) is 30.7 Å². The second-order valence-corrected chi connectivity index (χ2v) is 5.48. The highest BCUT2D eigenvalue weighted by Gasteiger charge is 2.42. The molecule has 0 aromatic rings. The predicted octanol–water partition coefficient (Wildman–Crippen LogP) is 0.914. The van der Waals surface area contributed by atoms with Gasteiger partial charge in [-0.2, -0.15) is 0 Å². The molecule has 2 N–H and O–H groups in total. The van der Waals surface area contributed by atoms with E-state index in [0.29, 0.717) is 25.4 Å². The molecule has 0 aromatic heterocycles. The van der Waals surface area contributed by atoms with Crippen LogP contribution in [-0.4, -0.2) is 30.2 Å². The Kier molecular flexibility index (Phi) is 2.73. The minimum atomic E-state index is -0.0614. The van der Waals surface area contributed by atoms with E-state index in [1.807, 2.05) is 13.8 Å². The SMILES string of the molecule is CC(C)(CN)CN1OC(C2CC2)CC1=O. The van der Waals surface area contributed by atoms with Gasteiger partial charge in [0.2, 0.25) is 5.91 Å². The van der Waals surface area contributed by atoms with Gasteiger partial charge in [0, 0.05) is 0 Å². The Hall–Kier alpha value is -0.610. The molecular weight excluding hydrogens is 192 g/mol. The van der Waals surface area contributed by atoms with Crippen LogP contribution in [0.4, 0.5) is 0 Å². The maximum absolute atomic E-state index is 11.7. The van der Waals surface area contributed by atoms with E-state index in [2.05, 4.69) is 0 Å². The first-order valence-corrected chi connectivity index (χ1v) is 5.69. The Morgan fingerprint density at radius 2 is 2.20 bits per heavy atom. The van der Waals surface area contributed by atoms with Crippen LogP contribution in [0.5, 0.6) is 0 Å². The summed E-state index contributed by atoms with van der Waals surface area (Å²) in [7, 11) is 0. The molecule has 2 rings (SSSR count). The topological polar surface area (TPSA) is 55.6 Å². The summed E-state index contributed by atoms with van der Waals surface area (Å²) in [4.78, 5) is 17.3. The Labute approximate surface area is 90.7 Å². The van der Waals surface area contributed by atoms with E-state index in [1.54, 1.807) is 0 Å². The molecule has 1 aliphatic carbocycles. The first kappa shape index (κ1) is 10.9. The monoisotopic (exact) mass is 212 g/mol. The zero-order chi connectivity index (χ0) is 11.1. The van der Waals surface area contributed by atoms with Crippen LogP contribution in [0.3, 0.4) is 0 Å². The highest BCUT2D eigenvalue weighted by Crippen LogP contribution is 2.39. The molecule has 1 unspecified atom stereocenters. The fourth-order valence-electron chi connectivity index (χ4n) is 1.83. The Morgan fingerprint density at radius 1 is 1.53 bits per heavy atom. The normalized spacial score (nSPS) is 27.5. The number of hydrogen-bond acceptors (Lipinski definition) is 3. The van der Waals surface area contributed by atoms with E-state index >= 15 is 0 Å². The summed E-state index contributed by atoms with van der Waals surface area (Å²) >= 11 is 0. The van der Waals surface area contributed by atoms with Gasteiger partial charge in [0.1, 0.15) is 0 Å². The van der Waals surface area contributed by atoms with Crippen molar-refractivity contribution in [3.8, 4) is 0 Å². The van der Waals surface area contributed by atoms with E-state index in [0.717, 1.165) is 0 Å². The van der Waals surface area contributed by atoms with E-state index in [1.165, 1.54) is 17.9 Å². The quantitative estimate of drug-likeness (QED) is 0.753. The minimum Gasteiger partial charge on any atom is -0.330 e. The molecule has 0 bridgehead atoms. The van der Waals surface area contributed by atoms with Gasteiger partial charge in [-0.1, -0.05) is 13.8 Å². The van der Waals surface area contributed by atoms with Crippen molar-refractivity contribution < 1.29 is 9.63 Å². The van der Waals surface area contributed by atoms with Gasteiger partial charge < -0.3 is 5.73 Å². The summed E-state index contributed by atoms with van der Waals surface area (Å²) in [6, 6.07) is 0. The van der Waals surface area contributed by atoms with E-state index in [-0.39, 0.29) is 17.4 Å². The van der Waals surface area contributed by atoms with Crippen molar-refractivity contribution in [2.75, 3.05) is 13.1 Å². The number of carbonyl (C=O) groups excluding carboxylic acids is 1. The zero-order valence-corrected chi connectivity index (χ0v) is 9.53. The summed E-state index contributed by atoms with van der Waals surface area (Å²) < 4.78 is 0. The Balaban J connectivity index is 1.90. The molecule has 1 atom stereocenters. The summed E-state index contributed by atoms with van der Waals surface area (Å²) in [5.74, 6) is 0.744. The molecule has 4 nitrogen and oxygen atoms in total. The van der Waals surface area contributed by atoms with Crippen molar-refractivity contribution >= 4 is 5.91 Å². The summed E-state index contributed by atoms with van der Waals surface area (Å²) in [5.41, 5.74) is 5.58. The van der Waals surface area contributed by atoms with Crippen molar-refractivity contribution in [3.63, 3.8) is 0 Å². The zero-order valence-electron chi connectivity index (χ0n) is 9.53. The summed E-state index contributed by atoms with van der Waals surface area (Å²) in [6.07, 6.45) is 3.13. The van der Waals surface area contributed by atoms with Gasteiger partial charge in [0.25, 0.3) is 0 Å². The lowest BCUT2D eigenvalue weighted by molar-refractivity contribution is -0.182. The van der Waals surface area contributed by atoms with Gasteiger partial charge in [0.15, 0.2) is 0 Å². The second kappa shape index (κ2) is 3.76. The van der Waals surface area contributed by atoms with Crippen molar-refractivity contribution in [1.82, 2.24) is 5.06 Å². The molecular formula is C11H20N2O2. The third-order valence-corrected chi connectivity index (χ3v) is 3.19. The highest BCUT2D eigenvalue weighted by molar-refractivity contribution is 5.77. The fraction of sp³-hybridized carbons (Fsp3) is 0.909. The third kappa shape index (κ3) is 2.49. The number of carbonyl (C=O) groups is 1. The van der Waals surface area contributed by atoms with Gasteiger partial charge in [0.05, 0.1) is 19.1 Å². The molecule has 4 heteroatoms. The number of amides is 1. The number of nitrogens with zero attached hydrogens (tertiary/aromatic N) is 1. The average molecular weight is 212 g/mol. The van der Waals surface area contributed by atoms with Crippen LogP contribution in [0.25, 0.3) is 0 Å². The number of rotatable bonds is 4. The molecule has 1 aliphatic heterocycles. The first-order chi connectivity index (χ1) is 7.02. The lowest BCUT2D eigenvalue weighted by Crippen LogP contribution is -2.39. The van der Waals surface area contributed by atoms with Crippen LogP contribution in [0.1, 0.15) is 33.1 Å². The van der Waals surface area contributed by atoms with Crippen LogP contribution < -0.4 is 5.73 Å². The van der Waals surface area contributed by atoms with Gasteiger partial charge in [-0.15, -0.1) is 0 Å². The summed E-state index contributed by atoms with van der Waals surface area (Å²) in [6.45, 7) is 5.27. The molecule has 15 heavy (non-hydrogen) atoms. The Bertz CT molecular complexity index is 261. The second-order valence-electron chi connectivity index (χ2n) is 5.48. The van der Waals surface area contributed by atoms with Crippen LogP contribution in [0.15, 0.2) is 0 Å². The van der Waals surface area contributed by atoms with Crippen molar-refractivity contribution in [1.29, 1.82) is 0 Å². The van der Waals surface area contributed by atoms with Crippen LogP contribution in [0.2, 0.25) is 0 Å². The minimum absolute atomic E-state index is 0.0614. The number of hydrogen-bond donors (Lipinski definition) is 1. The average Bonchev–Trinajstić information content (AvgIpc) is 2.94. The van der Waals surface area contributed by atoms with Gasteiger partial charge in [-0.3, -0.25) is 9.63 Å². The lowest BCUT2D eigenvalue weighted by atomic mass is 9.94. The molecule has 1 saturated carbocycles. The van der Waals surface area contributed by atoms with Crippen molar-refractivity contribution in [2.24, 2.45) is 17.1 Å². The fourth-order valence-corrected chi connectivity index (χ4v) is 1.83. The molecule has 1 amide bonds. The Morgan fingerprint density at radius 3 is 2.73 bits per heavy atom. The molecule has 2 aliphatic rings. The van der Waals surface area contributed by atoms with Crippen molar-refractivity contribution in [3.05, 3.63) is 0 Å². The van der Waals surface area contributed by atoms with Crippen LogP contribution in [-0.2, 0) is 9.63 Å². The number of hydroxylamine groups is 2. The molecule has 1 saturated heterocycles. The molecule has 1 heterocycles. The van der Waals surface area contributed by atoms with Gasteiger partial charge in [-0.25, -0.2) is 5.06 Å². The molecule has 0 aromatic carbocycles. The van der Waals surface area contributed by atoms with Crippen molar-refractivity contribution in [2.45, 2.75) is 39.2 Å². The smallest absolute Gasteiger partial charge is 0.248 e. The number of nitrogens with two attached hydrogens (primary N) is 1. The highest BCUT2D eigenvalue weighted by atomic mass is 16.7. The lowest BCUT2D eigenvalue weighted by Gasteiger charge is -2.27.